The molecule has 0 bridgehead atoms. The number of halogens is 1. The first kappa shape index (κ1) is 16.4. The minimum atomic E-state index is -3.84. The van der Waals surface area contributed by atoms with Crippen LogP contribution in [0.1, 0.15) is 38.7 Å². The Bertz CT molecular complexity index is 596. The van der Waals surface area contributed by atoms with Gasteiger partial charge in [0, 0.05) is 24.2 Å². The monoisotopic (exact) mass is 315 g/mol. The number of nitrogens with one attached hydrogen (secondary N) is 1. The van der Waals surface area contributed by atoms with Gasteiger partial charge in [-0.3, -0.25) is 0 Å². The van der Waals surface area contributed by atoms with Crippen LogP contribution in [-0.4, -0.2) is 25.5 Å². The quantitative estimate of drug-likeness (QED) is 0.887. The van der Waals surface area contributed by atoms with Gasteiger partial charge in [0.2, 0.25) is 0 Å². The molecule has 1 heterocycles. The van der Waals surface area contributed by atoms with Crippen LogP contribution in [0.15, 0.2) is 23.1 Å². The van der Waals surface area contributed by atoms with Crippen LogP contribution in [0.25, 0.3) is 0 Å². The lowest BCUT2D eigenvalue weighted by Crippen LogP contribution is -2.54. The number of nitrogens with two attached hydrogens (primary N) is 1. The molecule has 1 fully saturated rings. The number of hydrogen-bond donors (Lipinski definition) is 2. The summed E-state index contributed by atoms with van der Waals surface area (Å²) in [6, 6.07) is 4.20. The van der Waals surface area contributed by atoms with Crippen molar-refractivity contribution in [2.45, 2.75) is 56.6 Å². The van der Waals surface area contributed by atoms with Crippen molar-refractivity contribution in [2.75, 3.05) is 0 Å². The highest BCUT2D eigenvalue weighted by molar-refractivity contribution is 7.89. The molecule has 1 aliphatic rings. The fourth-order valence-electron chi connectivity index (χ4n) is 2.78. The molecular formula is C14H22FN3O2S. The molecule has 0 aromatic heterocycles. The predicted molar refractivity (Wildman–Crippen MR) is 79.2 cm³/mol. The molecule has 2 atom stereocenters. The maximum absolute atomic E-state index is 13.7. The van der Waals surface area contributed by atoms with Crippen molar-refractivity contribution in [3.05, 3.63) is 29.6 Å². The molecule has 1 aliphatic heterocycles. The molecule has 0 aliphatic carbocycles. The fraction of sp³-hybridized carbons (Fsp3) is 0.571. The lowest BCUT2D eigenvalue weighted by atomic mass is 10.0. The summed E-state index contributed by atoms with van der Waals surface area (Å²) >= 11 is 0. The molecule has 0 radical (unpaired) electrons. The number of rotatable bonds is 4. The van der Waals surface area contributed by atoms with E-state index in [1.807, 2.05) is 13.8 Å². The summed E-state index contributed by atoms with van der Waals surface area (Å²) in [5.41, 5.74) is 5.51. The molecule has 118 valence electrons. The Hall–Kier alpha value is -1.02. The van der Waals surface area contributed by atoms with E-state index in [1.54, 1.807) is 5.01 Å². The van der Waals surface area contributed by atoms with E-state index in [9.17, 15) is 12.8 Å². The zero-order chi connectivity index (χ0) is 15.6. The Morgan fingerprint density at radius 2 is 1.95 bits per heavy atom. The molecular weight excluding hydrogens is 293 g/mol. The standard InChI is InChI=1S/C14H22FN3O2S/c1-10-5-3-6-11(2)18(10)17-21(19,20)14-8-4-7-13(15)12(14)9-16/h4,7-8,10-11,17H,3,5-6,9,16H2,1-2H3. The highest BCUT2D eigenvalue weighted by Gasteiger charge is 2.30. The van der Waals surface area contributed by atoms with E-state index in [4.69, 9.17) is 5.73 Å². The van der Waals surface area contributed by atoms with Gasteiger partial charge < -0.3 is 5.73 Å². The Balaban J connectivity index is 2.32. The first-order valence-electron chi connectivity index (χ1n) is 7.15. The predicted octanol–water partition coefficient (Wildman–Crippen LogP) is 1.74. The lowest BCUT2D eigenvalue weighted by Gasteiger charge is -2.38. The van der Waals surface area contributed by atoms with E-state index in [1.165, 1.54) is 18.2 Å². The van der Waals surface area contributed by atoms with Crippen molar-refractivity contribution in [2.24, 2.45) is 5.73 Å². The summed E-state index contributed by atoms with van der Waals surface area (Å²) in [5, 5.41) is 1.74. The van der Waals surface area contributed by atoms with Gasteiger partial charge in [0.15, 0.2) is 0 Å². The van der Waals surface area contributed by atoms with Gasteiger partial charge in [-0.25, -0.2) is 17.8 Å². The number of hydrazine groups is 1. The number of sulfonamides is 1. The molecule has 2 rings (SSSR count). The van der Waals surface area contributed by atoms with Gasteiger partial charge in [0.25, 0.3) is 10.0 Å². The van der Waals surface area contributed by atoms with Crippen LogP contribution in [0.4, 0.5) is 4.39 Å². The van der Waals surface area contributed by atoms with Crippen LogP contribution in [0.2, 0.25) is 0 Å². The van der Waals surface area contributed by atoms with Gasteiger partial charge >= 0.3 is 0 Å². The number of nitrogens with zero attached hydrogens (tertiary/aromatic N) is 1. The van der Waals surface area contributed by atoms with Crippen molar-refractivity contribution in [1.82, 2.24) is 9.84 Å². The number of benzene rings is 1. The second-order valence-corrected chi connectivity index (χ2v) is 7.18. The van der Waals surface area contributed by atoms with Gasteiger partial charge in [0.05, 0.1) is 4.90 Å². The third-order valence-electron chi connectivity index (χ3n) is 3.99. The second kappa shape index (κ2) is 6.39. The Morgan fingerprint density at radius 3 is 2.52 bits per heavy atom. The fourth-order valence-corrected chi connectivity index (χ4v) is 4.28. The van der Waals surface area contributed by atoms with Crippen LogP contribution in [0.5, 0.6) is 0 Å². The van der Waals surface area contributed by atoms with Crippen molar-refractivity contribution in [3.63, 3.8) is 0 Å². The van der Waals surface area contributed by atoms with Crippen LogP contribution in [0.3, 0.4) is 0 Å². The average Bonchev–Trinajstić information content (AvgIpc) is 2.43. The Labute approximate surface area is 125 Å². The molecule has 2 unspecified atom stereocenters. The van der Waals surface area contributed by atoms with Gasteiger partial charge in [0.1, 0.15) is 5.82 Å². The molecule has 3 N–H and O–H groups in total. The summed E-state index contributed by atoms with van der Waals surface area (Å²) < 4.78 is 38.8. The van der Waals surface area contributed by atoms with Crippen molar-refractivity contribution in [1.29, 1.82) is 0 Å². The molecule has 0 amide bonds. The topological polar surface area (TPSA) is 75.4 Å². The van der Waals surface area contributed by atoms with Crippen LogP contribution >= 0.6 is 0 Å². The third-order valence-corrected chi connectivity index (χ3v) is 5.40. The van der Waals surface area contributed by atoms with Crippen molar-refractivity contribution < 1.29 is 12.8 Å². The van der Waals surface area contributed by atoms with Crippen LogP contribution in [-0.2, 0) is 16.6 Å². The minimum absolute atomic E-state index is 0.0160. The second-order valence-electron chi connectivity index (χ2n) is 5.55. The number of hydrogen-bond acceptors (Lipinski definition) is 4. The van der Waals surface area contributed by atoms with Crippen LogP contribution in [0, 0.1) is 5.82 Å². The van der Waals surface area contributed by atoms with Gasteiger partial charge in [-0.15, -0.1) is 4.83 Å². The van der Waals surface area contributed by atoms with Crippen molar-refractivity contribution in [3.8, 4) is 0 Å². The summed E-state index contributed by atoms with van der Waals surface area (Å²) in [5.74, 6) is -0.597. The molecule has 21 heavy (non-hydrogen) atoms. The molecule has 7 heteroatoms. The normalized spacial score (nSPS) is 24.2. The van der Waals surface area contributed by atoms with Gasteiger partial charge in [-0.1, -0.05) is 12.5 Å². The number of piperidine rings is 1. The molecule has 1 saturated heterocycles. The van der Waals surface area contributed by atoms with Crippen LogP contribution < -0.4 is 10.6 Å². The summed E-state index contributed by atoms with van der Waals surface area (Å²) in [6.45, 7) is 3.80. The van der Waals surface area contributed by atoms with E-state index < -0.39 is 15.8 Å². The molecule has 1 aromatic rings. The Morgan fingerprint density at radius 1 is 1.33 bits per heavy atom. The van der Waals surface area contributed by atoms with E-state index in [0.717, 1.165) is 19.3 Å². The maximum Gasteiger partial charge on any atom is 0.253 e. The van der Waals surface area contributed by atoms with E-state index in [0.29, 0.717) is 0 Å². The lowest BCUT2D eigenvalue weighted by molar-refractivity contribution is 0.0790. The maximum atomic E-state index is 13.7. The smallest absolute Gasteiger partial charge is 0.253 e. The average molecular weight is 315 g/mol. The zero-order valence-corrected chi connectivity index (χ0v) is 13.2. The highest BCUT2D eigenvalue weighted by atomic mass is 32.2. The van der Waals surface area contributed by atoms with Gasteiger partial charge in [-0.05, 0) is 38.8 Å². The largest absolute Gasteiger partial charge is 0.326 e. The zero-order valence-electron chi connectivity index (χ0n) is 12.3. The summed E-state index contributed by atoms with van der Waals surface area (Å²) in [6.07, 6.45) is 2.94. The SMILES string of the molecule is CC1CCCC(C)N1NS(=O)(=O)c1cccc(F)c1CN. The third kappa shape index (κ3) is 3.42. The van der Waals surface area contributed by atoms with E-state index in [-0.39, 0.29) is 29.1 Å². The van der Waals surface area contributed by atoms with E-state index in [2.05, 4.69) is 4.83 Å². The highest BCUT2D eigenvalue weighted by Crippen LogP contribution is 2.24. The summed E-state index contributed by atoms with van der Waals surface area (Å²) in [4.78, 5) is 2.51. The summed E-state index contributed by atoms with van der Waals surface area (Å²) in [7, 11) is -3.84. The molecule has 5 nitrogen and oxygen atoms in total. The first-order chi connectivity index (χ1) is 9.86. The Kier molecular flexibility index (Phi) is 4.98. The van der Waals surface area contributed by atoms with Gasteiger partial charge in [-0.2, -0.15) is 0 Å². The molecule has 1 aromatic carbocycles. The van der Waals surface area contributed by atoms with Crippen molar-refractivity contribution >= 4 is 10.0 Å². The minimum Gasteiger partial charge on any atom is -0.326 e. The first-order valence-corrected chi connectivity index (χ1v) is 8.63. The molecule has 0 saturated carbocycles. The van der Waals surface area contributed by atoms with E-state index >= 15 is 0 Å². The molecule has 0 spiro atoms.